The van der Waals surface area contributed by atoms with E-state index in [2.05, 4.69) is 14.8 Å². The summed E-state index contributed by atoms with van der Waals surface area (Å²) in [4.78, 5) is 24.3. The van der Waals surface area contributed by atoms with Crippen molar-refractivity contribution in [3.8, 4) is 0 Å². The first-order valence-corrected chi connectivity index (χ1v) is 11.5. The first-order valence-electron chi connectivity index (χ1n) is 11.5. The summed E-state index contributed by atoms with van der Waals surface area (Å²) in [5.74, 6) is 0.408. The molecule has 3 fully saturated rings. The van der Waals surface area contributed by atoms with Crippen LogP contribution in [0.2, 0.25) is 0 Å². The van der Waals surface area contributed by atoms with Gasteiger partial charge in [-0.05, 0) is 63.7 Å². The highest BCUT2D eigenvalue weighted by Crippen LogP contribution is 2.30. The molecule has 4 heterocycles. The lowest BCUT2D eigenvalue weighted by molar-refractivity contribution is -0.138. The molecule has 0 aliphatic carbocycles. The van der Waals surface area contributed by atoms with Crippen molar-refractivity contribution in [2.24, 2.45) is 5.92 Å². The second-order valence-electron chi connectivity index (χ2n) is 9.00. The molecule has 30 heavy (non-hydrogen) atoms. The van der Waals surface area contributed by atoms with Crippen molar-refractivity contribution < 1.29 is 14.3 Å². The molecule has 3 aliphatic rings. The summed E-state index contributed by atoms with van der Waals surface area (Å²) in [5.41, 5.74) is 1.77. The van der Waals surface area contributed by atoms with Crippen molar-refractivity contribution in [2.45, 2.75) is 50.6 Å². The van der Waals surface area contributed by atoms with Crippen molar-refractivity contribution in [2.75, 3.05) is 44.2 Å². The van der Waals surface area contributed by atoms with E-state index in [1.165, 1.54) is 0 Å². The van der Waals surface area contributed by atoms with E-state index < -0.39 is 0 Å². The average Bonchev–Trinajstić information content (AvgIpc) is 3.46. The molecule has 1 atom stereocenters. The zero-order valence-electron chi connectivity index (χ0n) is 17.6. The number of anilines is 1. The summed E-state index contributed by atoms with van der Waals surface area (Å²) in [7, 11) is 0. The van der Waals surface area contributed by atoms with Gasteiger partial charge < -0.3 is 24.2 Å². The number of hydrogen-bond donors (Lipinski definition) is 1. The van der Waals surface area contributed by atoms with Gasteiger partial charge in [0, 0.05) is 31.6 Å². The van der Waals surface area contributed by atoms with Crippen LogP contribution in [-0.4, -0.2) is 77.2 Å². The van der Waals surface area contributed by atoms with Crippen LogP contribution in [0.1, 0.15) is 38.5 Å². The monoisotopic (exact) mass is 412 g/mol. The van der Waals surface area contributed by atoms with Crippen LogP contribution in [0, 0.1) is 5.92 Å². The van der Waals surface area contributed by atoms with Crippen LogP contribution >= 0.6 is 0 Å². The molecule has 5 rings (SSSR count). The minimum absolute atomic E-state index is 0.0479. The molecule has 1 N–H and O–H groups in total. The Balaban J connectivity index is 1.12. The topological polar surface area (TPSA) is 73.1 Å². The molecule has 1 aromatic heterocycles. The van der Waals surface area contributed by atoms with Gasteiger partial charge in [0.05, 0.1) is 12.6 Å². The van der Waals surface area contributed by atoms with Gasteiger partial charge in [0.2, 0.25) is 5.91 Å². The Labute approximate surface area is 177 Å². The number of hydrogen-bond acceptors (Lipinski definition) is 6. The zero-order chi connectivity index (χ0) is 20.5. The maximum Gasteiger partial charge on any atom is 0.298 e. The van der Waals surface area contributed by atoms with E-state index in [1.807, 2.05) is 29.2 Å². The Hall–Kier alpha value is -2.12. The van der Waals surface area contributed by atoms with Crippen molar-refractivity contribution in [1.29, 1.82) is 0 Å². The summed E-state index contributed by atoms with van der Waals surface area (Å²) >= 11 is 0. The van der Waals surface area contributed by atoms with Gasteiger partial charge in [0.1, 0.15) is 5.52 Å². The summed E-state index contributed by atoms with van der Waals surface area (Å²) in [5, 5.41) is 9.52. The van der Waals surface area contributed by atoms with Crippen molar-refractivity contribution >= 4 is 23.0 Å². The highest BCUT2D eigenvalue weighted by Gasteiger charge is 2.36. The number of likely N-dealkylation sites (tertiary alicyclic amines) is 2. The molecule has 1 amide bonds. The largest absolute Gasteiger partial charge is 0.423 e. The summed E-state index contributed by atoms with van der Waals surface area (Å²) < 4.78 is 5.94. The Morgan fingerprint density at radius 3 is 2.53 bits per heavy atom. The molecule has 1 aromatic carbocycles. The van der Waals surface area contributed by atoms with E-state index in [9.17, 15) is 9.90 Å². The number of para-hydroxylation sites is 2. The number of rotatable bonds is 4. The lowest BCUT2D eigenvalue weighted by Crippen LogP contribution is -2.50. The van der Waals surface area contributed by atoms with Crippen LogP contribution in [0.3, 0.4) is 0 Å². The fraction of sp³-hybridized carbons (Fsp3) is 0.652. The molecule has 0 unspecified atom stereocenters. The molecule has 3 aliphatic heterocycles. The third-order valence-corrected chi connectivity index (χ3v) is 7.28. The highest BCUT2D eigenvalue weighted by atomic mass is 16.4. The standard InChI is InChI=1S/C23H32N4O3/c28-16-19-4-3-11-27(19)22(29)17-7-12-25(13-8-17)18-9-14-26(15-10-18)23-24-20-5-1-2-6-21(20)30-23/h1-2,5-6,17-19,28H,3-4,7-16H2/t19-/m0/s1. The molecule has 0 bridgehead atoms. The van der Waals surface area contributed by atoms with Gasteiger partial charge in [-0.15, -0.1) is 0 Å². The molecule has 0 spiro atoms. The van der Waals surface area contributed by atoms with E-state index in [1.54, 1.807) is 0 Å². The Bertz CT molecular complexity index is 835. The molecule has 3 saturated heterocycles. The maximum absolute atomic E-state index is 12.9. The summed E-state index contributed by atoms with van der Waals surface area (Å²) in [6.45, 7) is 4.84. The van der Waals surface area contributed by atoms with Gasteiger partial charge in [-0.3, -0.25) is 4.79 Å². The van der Waals surface area contributed by atoms with Gasteiger partial charge in [0.15, 0.2) is 5.58 Å². The van der Waals surface area contributed by atoms with Gasteiger partial charge in [-0.2, -0.15) is 4.98 Å². The average molecular weight is 413 g/mol. The summed E-state index contributed by atoms with van der Waals surface area (Å²) in [6, 6.07) is 9.29. The lowest BCUT2D eigenvalue weighted by Gasteiger charge is -2.42. The Kier molecular flexibility index (Phi) is 5.65. The number of carbonyl (C=O) groups is 1. The fourth-order valence-electron chi connectivity index (χ4n) is 5.48. The van der Waals surface area contributed by atoms with E-state index in [0.717, 1.165) is 88.4 Å². The SMILES string of the molecule is O=C(C1CCN(C2CCN(c3nc4ccccc4o3)CC2)CC1)N1CCC[C@H]1CO. The van der Waals surface area contributed by atoms with Crippen LogP contribution in [-0.2, 0) is 4.79 Å². The number of nitrogens with zero attached hydrogens (tertiary/aromatic N) is 4. The molecule has 7 nitrogen and oxygen atoms in total. The second kappa shape index (κ2) is 8.55. The number of fused-ring (bicyclic) bond motifs is 1. The predicted octanol–water partition coefficient (Wildman–Crippen LogP) is 2.49. The van der Waals surface area contributed by atoms with Crippen LogP contribution < -0.4 is 4.90 Å². The molecular formula is C23H32N4O3. The number of amides is 1. The van der Waals surface area contributed by atoms with Crippen molar-refractivity contribution in [3.05, 3.63) is 24.3 Å². The quantitative estimate of drug-likeness (QED) is 0.832. The first-order chi connectivity index (χ1) is 14.7. The van der Waals surface area contributed by atoms with Crippen LogP contribution in [0.15, 0.2) is 28.7 Å². The Morgan fingerprint density at radius 1 is 1.03 bits per heavy atom. The highest BCUT2D eigenvalue weighted by molar-refractivity contribution is 5.79. The third kappa shape index (κ3) is 3.81. The number of oxazole rings is 1. The normalized spacial score (nSPS) is 24.8. The number of aliphatic hydroxyl groups excluding tert-OH is 1. The fourth-order valence-corrected chi connectivity index (χ4v) is 5.48. The number of aromatic nitrogens is 1. The maximum atomic E-state index is 12.9. The number of carbonyl (C=O) groups excluding carboxylic acids is 1. The van der Waals surface area contributed by atoms with Crippen LogP contribution in [0.4, 0.5) is 6.01 Å². The first kappa shape index (κ1) is 19.8. The van der Waals surface area contributed by atoms with Gasteiger partial charge in [-0.25, -0.2) is 0 Å². The predicted molar refractivity (Wildman–Crippen MR) is 115 cm³/mol. The van der Waals surface area contributed by atoms with E-state index in [-0.39, 0.29) is 24.5 Å². The van der Waals surface area contributed by atoms with Crippen molar-refractivity contribution in [1.82, 2.24) is 14.8 Å². The lowest BCUT2D eigenvalue weighted by atomic mass is 9.92. The van der Waals surface area contributed by atoms with E-state index >= 15 is 0 Å². The van der Waals surface area contributed by atoms with Crippen LogP contribution in [0.25, 0.3) is 11.1 Å². The number of piperidine rings is 2. The van der Waals surface area contributed by atoms with Crippen molar-refractivity contribution in [3.63, 3.8) is 0 Å². The second-order valence-corrected chi connectivity index (χ2v) is 9.00. The van der Waals surface area contributed by atoms with E-state index in [0.29, 0.717) is 6.04 Å². The smallest absolute Gasteiger partial charge is 0.298 e. The number of aliphatic hydroxyl groups is 1. The molecule has 0 radical (unpaired) electrons. The minimum atomic E-state index is 0.0479. The molecule has 0 saturated carbocycles. The Morgan fingerprint density at radius 2 is 1.80 bits per heavy atom. The molecular weight excluding hydrogens is 380 g/mol. The molecule has 7 heteroatoms. The van der Waals surface area contributed by atoms with Gasteiger partial charge in [-0.1, -0.05) is 12.1 Å². The number of benzene rings is 1. The van der Waals surface area contributed by atoms with Crippen LogP contribution in [0.5, 0.6) is 0 Å². The van der Waals surface area contributed by atoms with Gasteiger partial charge >= 0.3 is 0 Å². The minimum Gasteiger partial charge on any atom is -0.423 e. The van der Waals surface area contributed by atoms with Gasteiger partial charge in [0.25, 0.3) is 6.01 Å². The molecule has 162 valence electrons. The molecule has 2 aromatic rings. The third-order valence-electron chi connectivity index (χ3n) is 7.28. The van der Waals surface area contributed by atoms with E-state index in [4.69, 9.17) is 4.42 Å². The zero-order valence-corrected chi connectivity index (χ0v) is 17.6. The summed E-state index contributed by atoms with van der Waals surface area (Å²) in [6.07, 6.45) is 6.07.